The van der Waals surface area contributed by atoms with Crippen LogP contribution in [0.5, 0.6) is 5.75 Å². The molecule has 0 radical (unpaired) electrons. The van der Waals surface area contributed by atoms with E-state index >= 15 is 0 Å². The van der Waals surface area contributed by atoms with Crippen LogP contribution in [0, 0.1) is 0 Å². The molecule has 3 aromatic carbocycles. The Morgan fingerprint density at radius 3 is 2.33 bits per heavy atom. The van der Waals surface area contributed by atoms with Gasteiger partial charge in [-0.3, -0.25) is 4.90 Å². The fourth-order valence-electron chi connectivity index (χ4n) is 3.27. The van der Waals surface area contributed by atoms with Gasteiger partial charge in [-0.1, -0.05) is 66.2 Å². The van der Waals surface area contributed by atoms with Crippen molar-refractivity contribution < 1.29 is 9.84 Å². The summed E-state index contributed by atoms with van der Waals surface area (Å²) in [6.07, 6.45) is -0.544. The molecular formula is C25H29ClN2O2. The minimum absolute atomic E-state index is 0.269. The topological polar surface area (TPSA) is 44.7 Å². The van der Waals surface area contributed by atoms with Crippen LogP contribution >= 0.6 is 11.6 Å². The Morgan fingerprint density at radius 2 is 1.60 bits per heavy atom. The molecule has 1 unspecified atom stereocenters. The Balaban J connectivity index is 1.36. The molecule has 4 nitrogen and oxygen atoms in total. The van der Waals surface area contributed by atoms with Crippen molar-refractivity contribution in [1.82, 2.24) is 10.2 Å². The summed E-state index contributed by atoms with van der Waals surface area (Å²) in [5.41, 5.74) is 3.56. The molecule has 0 heterocycles. The van der Waals surface area contributed by atoms with E-state index in [4.69, 9.17) is 16.3 Å². The normalized spacial score (nSPS) is 12.1. The van der Waals surface area contributed by atoms with Crippen LogP contribution in [0.2, 0.25) is 5.02 Å². The van der Waals surface area contributed by atoms with E-state index in [1.165, 1.54) is 11.1 Å². The lowest BCUT2D eigenvalue weighted by molar-refractivity contribution is 0.0744. The molecule has 5 heteroatoms. The third-order valence-electron chi connectivity index (χ3n) is 4.73. The smallest absolute Gasteiger partial charge is 0.119 e. The van der Waals surface area contributed by atoms with Crippen molar-refractivity contribution in [1.29, 1.82) is 0 Å². The summed E-state index contributed by atoms with van der Waals surface area (Å²) in [7, 11) is 2.00. The molecule has 0 aliphatic carbocycles. The van der Waals surface area contributed by atoms with Gasteiger partial charge < -0.3 is 15.2 Å². The second-order valence-electron chi connectivity index (χ2n) is 7.52. The van der Waals surface area contributed by atoms with Crippen LogP contribution in [0.4, 0.5) is 0 Å². The molecule has 1 atom stereocenters. The van der Waals surface area contributed by atoms with Crippen LogP contribution < -0.4 is 10.1 Å². The number of rotatable bonds is 11. The number of nitrogens with zero attached hydrogens (tertiary/aromatic N) is 1. The zero-order valence-corrected chi connectivity index (χ0v) is 18.1. The van der Waals surface area contributed by atoms with Gasteiger partial charge in [-0.05, 0) is 48.0 Å². The summed E-state index contributed by atoms with van der Waals surface area (Å²) >= 11 is 6.01. The predicted molar refractivity (Wildman–Crippen MR) is 123 cm³/mol. The number of aliphatic hydroxyl groups is 1. The fourth-order valence-corrected chi connectivity index (χ4v) is 3.48. The van der Waals surface area contributed by atoms with Gasteiger partial charge in [-0.2, -0.15) is 0 Å². The van der Waals surface area contributed by atoms with Crippen LogP contribution in [0.3, 0.4) is 0 Å². The fraction of sp³-hybridized carbons (Fsp3) is 0.280. The summed E-state index contributed by atoms with van der Waals surface area (Å²) < 4.78 is 5.75. The van der Waals surface area contributed by atoms with Gasteiger partial charge in [0.2, 0.25) is 0 Å². The maximum absolute atomic E-state index is 10.3. The molecule has 158 valence electrons. The number of ether oxygens (including phenoxy) is 1. The first-order valence-electron chi connectivity index (χ1n) is 10.2. The minimum atomic E-state index is -0.544. The van der Waals surface area contributed by atoms with Gasteiger partial charge in [0.15, 0.2) is 0 Å². The Kier molecular flexibility index (Phi) is 8.72. The first-order chi connectivity index (χ1) is 14.6. The second kappa shape index (κ2) is 11.7. The summed E-state index contributed by atoms with van der Waals surface area (Å²) in [4.78, 5) is 2.10. The summed E-state index contributed by atoms with van der Waals surface area (Å²) in [5.74, 6) is 0.762. The molecule has 0 aliphatic heterocycles. The molecular weight excluding hydrogens is 396 g/mol. The van der Waals surface area contributed by atoms with Crippen molar-refractivity contribution in [2.45, 2.75) is 25.7 Å². The van der Waals surface area contributed by atoms with Crippen molar-refractivity contribution in [3.8, 4) is 5.75 Å². The second-order valence-corrected chi connectivity index (χ2v) is 7.96. The molecule has 0 amide bonds. The number of halogens is 1. The molecule has 0 spiro atoms. The summed E-state index contributed by atoms with van der Waals surface area (Å²) in [5, 5.41) is 14.4. The minimum Gasteiger partial charge on any atom is -0.491 e. The Hall–Kier alpha value is -2.37. The maximum Gasteiger partial charge on any atom is 0.119 e. The molecule has 0 saturated carbocycles. The van der Waals surface area contributed by atoms with Gasteiger partial charge in [-0.25, -0.2) is 0 Å². The molecule has 3 rings (SSSR count). The van der Waals surface area contributed by atoms with Crippen molar-refractivity contribution in [3.63, 3.8) is 0 Å². The van der Waals surface area contributed by atoms with E-state index in [1.54, 1.807) is 0 Å². The molecule has 0 fully saturated rings. The average Bonchev–Trinajstić information content (AvgIpc) is 2.74. The highest BCUT2D eigenvalue weighted by Gasteiger charge is 2.10. The maximum atomic E-state index is 10.3. The van der Waals surface area contributed by atoms with Gasteiger partial charge >= 0.3 is 0 Å². The number of hydrogen-bond donors (Lipinski definition) is 2. The first-order valence-corrected chi connectivity index (χ1v) is 10.5. The van der Waals surface area contributed by atoms with Crippen LogP contribution in [-0.2, 0) is 19.6 Å². The lowest BCUT2D eigenvalue weighted by Gasteiger charge is -2.21. The van der Waals surface area contributed by atoms with Gasteiger partial charge in [0.25, 0.3) is 0 Å². The van der Waals surface area contributed by atoms with Crippen molar-refractivity contribution in [2.24, 2.45) is 0 Å². The lowest BCUT2D eigenvalue weighted by Crippen LogP contribution is -2.32. The standard InChI is InChI=1S/C25H29ClN2O2/c1-28(17-21-6-3-2-4-7-21)18-24(29)19-30-25-12-10-20(11-13-25)15-27-16-22-8-5-9-23(26)14-22/h2-14,24,27,29H,15-19H2,1H3. The van der Waals surface area contributed by atoms with Gasteiger partial charge in [0.05, 0.1) is 0 Å². The van der Waals surface area contributed by atoms with E-state index in [2.05, 4.69) is 28.4 Å². The van der Waals surface area contributed by atoms with Crippen LogP contribution in [0.1, 0.15) is 16.7 Å². The van der Waals surface area contributed by atoms with E-state index in [0.29, 0.717) is 6.54 Å². The quantitative estimate of drug-likeness (QED) is 0.475. The molecule has 0 bridgehead atoms. The summed E-state index contributed by atoms with van der Waals surface area (Å²) in [6, 6.07) is 26.0. The van der Waals surface area contributed by atoms with Crippen molar-refractivity contribution in [2.75, 3.05) is 20.2 Å². The highest BCUT2D eigenvalue weighted by atomic mass is 35.5. The number of nitrogens with one attached hydrogen (secondary N) is 1. The van der Waals surface area contributed by atoms with E-state index in [1.807, 2.05) is 67.7 Å². The Morgan fingerprint density at radius 1 is 0.900 bits per heavy atom. The summed E-state index contributed by atoms with van der Waals surface area (Å²) in [6.45, 7) is 3.15. The number of likely N-dealkylation sites (N-methyl/N-ethyl adjacent to an activating group) is 1. The number of hydrogen-bond acceptors (Lipinski definition) is 4. The monoisotopic (exact) mass is 424 g/mol. The zero-order valence-electron chi connectivity index (χ0n) is 17.3. The largest absolute Gasteiger partial charge is 0.491 e. The molecule has 0 saturated heterocycles. The molecule has 0 aromatic heterocycles. The van der Waals surface area contributed by atoms with Crippen LogP contribution in [0.15, 0.2) is 78.9 Å². The molecule has 3 aromatic rings. The van der Waals surface area contributed by atoms with Crippen molar-refractivity contribution in [3.05, 3.63) is 101 Å². The Bertz CT molecular complexity index is 887. The third kappa shape index (κ3) is 7.81. The van der Waals surface area contributed by atoms with Gasteiger partial charge in [0.1, 0.15) is 18.5 Å². The SMILES string of the molecule is CN(Cc1ccccc1)CC(O)COc1ccc(CNCc2cccc(Cl)c2)cc1. The average molecular weight is 425 g/mol. The third-order valence-corrected chi connectivity index (χ3v) is 4.97. The van der Waals surface area contributed by atoms with Crippen LogP contribution in [-0.4, -0.2) is 36.3 Å². The predicted octanol–water partition coefficient (Wildman–Crippen LogP) is 4.50. The van der Waals surface area contributed by atoms with Crippen molar-refractivity contribution >= 4 is 11.6 Å². The number of benzene rings is 3. The van der Waals surface area contributed by atoms with E-state index in [0.717, 1.165) is 36.0 Å². The molecule has 2 N–H and O–H groups in total. The number of aliphatic hydroxyl groups excluding tert-OH is 1. The van der Waals surface area contributed by atoms with Gasteiger partial charge in [-0.15, -0.1) is 0 Å². The first kappa shape index (κ1) is 22.3. The van der Waals surface area contributed by atoms with Gasteiger partial charge in [0, 0.05) is 31.2 Å². The van der Waals surface area contributed by atoms with E-state index in [9.17, 15) is 5.11 Å². The highest BCUT2D eigenvalue weighted by molar-refractivity contribution is 6.30. The highest BCUT2D eigenvalue weighted by Crippen LogP contribution is 2.14. The molecule has 0 aliphatic rings. The lowest BCUT2D eigenvalue weighted by atomic mass is 10.2. The zero-order chi connectivity index (χ0) is 21.2. The van der Waals surface area contributed by atoms with E-state index in [-0.39, 0.29) is 6.61 Å². The van der Waals surface area contributed by atoms with E-state index < -0.39 is 6.10 Å². The van der Waals surface area contributed by atoms with Crippen LogP contribution in [0.25, 0.3) is 0 Å². The Labute approximate surface area is 184 Å². The molecule has 30 heavy (non-hydrogen) atoms.